The number of fused-ring (bicyclic) bond motifs is 1. The predicted molar refractivity (Wildman–Crippen MR) is 95.7 cm³/mol. The number of carbonyl (C=O) groups is 1. The summed E-state index contributed by atoms with van der Waals surface area (Å²) in [7, 11) is 0. The quantitative estimate of drug-likeness (QED) is 0.870. The zero-order valence-electron chi connectivity index (χ0n) is 14.6. The third-order valence-corrected chi connectivity index (χ3v) is 5.07. The van der Waals surface area contributed by atoms with Crippen LogP contribution in [0.15, 0.2) is 29.3 Å². The number of aliphatic hydroxyl groups excluding tert-OH is 1. The highest BCUT2D eigenvalue weighted by atomic mass is 16.3. The van der Waals surface area contributed by atoms with Crippen LogP contribution in [0.5, 0.6) is 0 Å². The Hall–Kier alpha value is -2.21. The number of rotatable bonds is 5. The minimum Gasteiger partial charge on any atom is -0.396 e. The van der Waals surface area contributed by atoms with Crippen molar-refractivity contribution in [2.45, 2.75) is 51.5 Å². The molecule has 1 fully saturated rings. The van der Waals surface area contributed by atoms with Gasteiger partial charge in [-0.25, -0.2) is 4.98 Å². The Labute approximate surface area is 146 Å². The molecule has 1 atom stereocenters. The fourth-order valence-electron chi connectivity index (χ4n) is 3.69. The molecule has 0 bridgehead atoms. The first-order valence-electron chi connectivity index (χ1n) is 9.00. The third-order valence-electron chi connectivity index (χ3n) is 5.07. The van der Waals surface area contributed by atoms with E-state index in [0.717, 1.165) is 31.2 Å². The maximum Gasteiger partial charge on any atom is 0.270 e. The molecule has 0 saturated heterocycles. The molecule has 6 heteroatoms. The largest absolute Gasteiger partial charge is 0.396 e. The molecule has 0 spiro atoms. The minimum absolute atomic E-state index is 0.0234. The summed E-state index contributed by atoms with van der Waals surface area (Å²) in [5, 5.41) is 12.3. The molecule has 0 aliphatic heterocycles. The summed E-state index contributed by atoms with van der Waals surface area (Å²) < 4.78 is 1.41. The summed E-state index contributed by atoms with van der Waals surface area (Å²) in [5.74, 6) is -0.0410. The van der Waals surface area contributed by atoms with Crippen molar-refractivity contribution in [1.29, 1.82) is 0 Å². The molecule has 0 radical (unpaired) electrons. The molecule has 2 heterocycles. The Balaban J connectivity index is 1.85. The van der Waals surface area contributed by atoms with E-state index in [1.165, 1.54) is 17.0 Å². The molecule has 1 aliphatic carbocycles. The van der Waals surface area contributed by atoms with Crippen LogP contribution >= 0.6 is 0 Å². The molecule has 2 N–H and O–H groups in total. The molecule has 1 amide bonds. The van der Waals surface area contributed by atoms with Gasteiger partial charge in [-0.2, -0.15) is 0 Å². The molecule has 1 saturated carbocycles. The van der Waals surface area contributed by atoms with E-state index in [1.807, 2.05) is 13.0 Å². The van der Waals surface area contributed by atoms with Crippen molar-refractivity contribution >= 4 is 11.6 Å². The van der Waals surface area contributed by atoms with E-state index in [1.54, 1.807) is 12.3 Å². The first kappa shape index (κ1) is 17.6. The molecule has 134 valence electrons. The van der Waals surface area contributed by atoms with Gasteiger partial charge in [-0.15, -0.1) is 0 Å². The van der Waals surface area contributed by atoms with Gasteiger partial charge in [0.05, 0.1) is 0 Å². The van der Waals surface area contributed by atoms with Gasteiger partial charge in [0.2, 0.25) is 0 Å². The summed E-state index contributed by atoms with van der Waals surface area (Å²) in [6.45, 7) is 1.91. The lowest BCUT2D eigenvalue weighted by atomic mass is 9.82. The summed E-state index contributed by atoms with van der Waals surface area (Å²) in [4.78, 5) is 29.5. The molecule has 1 unspecified atom stereocenters. The van der Waals surface area contributed by atoms with E-state index in [2.05, 4.69) is 10.3 Å². The van der Waals surface area contributed by atoms with Gasteiger partial charge in [0, 0.05) is 25.0 Å². The van der Waals surface area contributed by atoms with Crippen molar-refractivity contribution in [2.24, 2.45) is 5.92 Å². The normalized spacial score (nSPS) is 16.7. The van der Waals surface area contributed by atoms with Crippen LogP contribution in [0.4, 0.5) is 0 Å². The van der Waals surface area contributed by atoms with Gasteiger partial charge in [-0.1, -0.05) is 25.3 Å². The maximum atomic E-state index is 12.7. The number of amides is 1. The second-order valence-electron chi connectivity index (χ2n) is 6.90. The zero-order chi connectivity index (χ0) is 17.8. The smallest absolute Gasteiger partial charge is 0.270 e. The SMILES string of the molecule is Cc1ccc2ncc(C(=O)NC(CCO)C3CCCCC3)c(=O)n2c1. The van der Waals surface area contributed by atoms with E-state index in [4.69, 9.17) is 0 Å². The molecular formula is C19H25N3O3. The summed E-state index contributed by atoms with van der Waals surface area (Å²) in [5.41, 5.74) is 1.13. The Morgan fingerprint density at radius 3 is 2.84 bits per heavy atom. The second kappa shape index (κ2) is 7.78. The highest BCUT2D eigenvalue weighted by Gasteiger charge is 2.26. The standard InChI is InChI=1S/C19H25N3O3/c1-13-7-8-17-20-11-15(19(25)22(17)12-13)18(24)21-16(9-10-23)14-5-3-2-4-6-14/h7-8,11-12,14,16,23H,2-6,9-10H2,1H3,(H,21,24). The molecule has 2 aromatic heterocycles. The van der Waals surface area contributed by atoms with E-state index in [0.29, 0.717) is 18.0 Å². The first-order valence-corrected chi connectivity index (χ1v) is 9.00. The van der Waals surface area contributed by atoms with E-state index >= 15 is 0 Å². The van der Waals surface area contributed by atoms with Gasteiger partial charge in [-0.3, -0.25) is 14.0 Å². The summed E-state index contributed by atoms with van der Waals surface area (Å²) >= 11 is 0. The van der Waals surface area contributed by atoms with Crippen LogP contribution in [0.2, 0.25) is 0 Å². The van der Waals surface area contributed by atoms with Crippen molar-refractivity contribution < 1.29 is 9.90 Å². The highest BCUT2D eigenvalue weighted by Crippen LogP contribution is 2.27. The van der Waals surface area contributed by atoms with E-state index in [9.17, 15) is 14.7 Å². The van der Waals surface area contributed by atoms with Crippen LogP contribution in [0.25, 0.3) is 5.65 Å². The van der Waals surface area contributed by atoms with Gasteiger partial charge in [0.15, 0.2) is 0 Å². The molecular weight excluding hydrogens is 318 g/mol. The topological polar surface area (TPSA) is 83.7 Å². The third kappa shape index (κ3) is 3.90. The number of aryl methyl sites for hydroxylation is 1. The Morgan fingerprint density at radius 1 is 1.36 bits per heavy atom. The Kier molecular flexibility index (Phi) is 5.48. The van der Waals surface area contributed by atoms with Crippen molar-refractivity contribution in [3.63, 3.8) is 0 Å². The summed E-state index contributed by atoms with van der Waals surface area (Å²) in [6, 6.07) is 3.53. The lowest BCUT2D eigenvalue weighted by Crippen LogP contribution is -2.43. The number of carbonyl (C=O) groups excluding carboxylic acids is 1. The molecule has 1 aliphatic rings. The number of hydrogen-bond acceptors (Lipinski definition) is 4. The Bertz CT molecular complexity index is 809. The fourth-order valence-corrected chi connectivity index (χ4v) is 3.69. The lowest BCUT2D eigenvalue weighted by molar-refractivity contribution is 0.0897. The van der Waals surface area contributed by atoms with Crippen LogP contribution < -0.4 is 10.9 Å². The monoisotopic (exact) mass is 343 g/mol. The van der Waals surface area contributed by atoms with Crippen LogP contribution in [0.1, 0.15) is 54.4 Å². The molecule has 3 rings (SSSR count). The number of nitrogens with zero attached hydrogens (tertiary/aromatic N) is 2. The van der Waals surface area contributed by atoms with Gasteiger partial charge < -0.3 is 10.4 Å². The fraction of sp³-hybridized carbons (Fsp3) is 0.526. The van der Waals surface area contributed by atoms with Crippen LogP contribution in [0.3, 0.4) is 0 Å². The highest BCUT2D eigenvalue weighted by molar-refractivity contribution is 5.93. The maximum absolute atomic E-state index is 12.7. The average molecular weight is 343 g/mol. The van der Waals surface area contributed by atoms with Crippen LogP contribution in [-0.4, -0.2) is 33.0 Å². The van der Waals surface area contributed by atoms with Gasteiger partial charge in [-0.05, 0) is 43.7 Å². The van der Waals surface area contributed by atoms with E-state index in [-0.39, 0.29) is 23.8 Å². The number of hydrogen-bond donors (Lipinski definition) is 2. The average Bonchev–Trinajstić information content (AvgIpc) is 2.63. The molecule has 6 nitrogen and oxygen atoms in total. The number of pyridine rings is 1. The number of aliphatic hydroxyl groups is 1. The van der Waals surface area contributed by atoms with Crippen LogP contribution in [0, 0.1) is 12.8 Å². The van der Waals surface area contributed by atoms with Gasteiger partial charge in [0.25, 0.3) is 11.5 Å². The Morgan fingerprint density at radius 2 is 2.12 bits per heavy atom. The second-order valence-corrected chi connectivity index (χ2v) is 6.90. The number of nitrogens with one attached hydrogen (secondary N) is 1. The molecule has 25 heavy (non-hydrogen) atoms. The van der Waals surface area contributed by atoms with Crippen molar-refractivity contribution in [2.75, 3.05) is 6.61 Å². The summed E-state index contributed by atoms with van der Waals surface area (Å²) in [6.07, 6.45) is 9.19. The number of aromatic nitrogens is 2. The van der Waals surface area contributed by atoms with Crippen molar-refractivity contribution in [3.8, 4) is 0 Å². The zero-order valence-corrected chi connectivity index (χ0v) is 14.6. The van der Waals surface area contributed by atoms with E-state index < -0.39 is 5.91 Å². The van der Waals surface area contributed by atoms with Gasteiger partial charge in [0.1, 0.15) is 11.2 Å². The molecule has 0 aromatic carbocycles. The first-order chi connectivity index (χ1) is 12.1. The van der Waals surface area contributed by atoms with Gasteiger partial charge >= 0.3 is 0 Å². The lowest BCUT2D eigenvalue weighted by Gasteiger charge is -2.30. The van der Waals surface area contributed by atoms with Crippen molar-refractivity contribution in [3.05, 3.63) is 46.0 Å². The van der Waals surface area contributed by atoms with Crippen molar-refractivity contribution in [1.82, 2.24) is 14.7 Å². The minimum atomic E-state index is -0.405. The predicted octanol–water partition coefficient (Wildman–Crippen LogP) is 2.06. The van der Waals surface area contributed by atoms with Crippen LogP contribution in [-0.2, 0) is 0 Å². The molecule has 2 aromatic rings.